The molecular formula is C20H24N2O2. The molecule has 126 valence electrons. The van der Waals surface area contributed by atoms with E-state index in [4.69, 9.17) is 4.74 Å². The van der Waals surface area contributed by atoms with Crippen LogP contribution in [-0.4, -0.2) is 25.1 Å². The van der Waals surface area contributed by atoms with Crippen LogP contribution >= 0.6 is 0 Å². The number of rotatable bonds is 5. The Labute approximate surface area is 143 Å². The van der Waals surface area contributed by atoms with Crippen molar-refractivity contribution in [2.24, 2.45) is 0 Å². The molecule has 0 spiro atoms. The van der Waals surface area contributed by atoms with Gasteiger partial charge in [-0.2, -0.15) is 0 Å². The van der Waals surface area contributed by atoms with Crippen molar-refractivity contribution in [3.05, 3.63) is 60.2 Å². The van der Waals surface area contributed by atoms with Gasteiger partial charge in [0.1, 0.15) is 11.9 Å². The summed E-state index contributed by atoms with van der Waals surface area (Å²) in [7, 11) is 0. The number of carbonyl (C=O) groups is 1. The minimum Gasteiger partial charge on any atom is -0.489 e. The van der Waals surface area contributed by atoms with Crippen LogP contribution in [0, 0.1) is 0 Å². The fourth-order valence-corrected chi connectivity index (χ4v) is 3.11. The number of hydrogen-bond acceptors (Lipinski definition) is 3. The minimum atomic E-state index is -0.0187. The second-order valence-electron chi connectivity index (χ2n) is 6.30. The van der Waals surface area contributed by atoms with Crippen LogP contribution in [-0.2, 0) is 4.79 Å². The van der Waals surface area contributed by atoms with E-state index in [9.17, 15) is 4.79 Å². The van der Waals surface area contributed by atoms with E-state index in [0.717, 1.165) is 30.8 Å². The Morgan fingerprint density at radius 3 is 2.54 bits per heavy atom. The van der Waals surface area contributed by atoms with Gasteiger partial charge in [0.2, 0.25) is 5.91 Å². The number of anilines is 1. The van der Waals surface area contributed by atoms with E-state index in [1.165, 1.54) is 12.6 Å². The van der Waals surface area contributed by atoms with Crippen molar-refractivity contribution >= 4 is 11.6 Å². The van der Waals surface area contributed by atoms with Crippen LogP contribution in [0.3, 0.4) is 0 Å². The summed E-state index contributed by atoms with van der Waals surface area (Å²) in [5.41, 5.74) is 2.33. The number of hydrogen-bond donors (Lipinski definition) is 1. The number of nitrogens with one attached hydrogen (secondary N) is 1. The summed E-state index contributed by atoms with van der Waals surface area (Å²) >= 11 is 0. The summed E-state index contributed by atoms with van der Waals surface area (Å²) in [6, 6.07) is 18.5. The quantitative estimate of drug-likeness (QED) is 0.914. The first-order chi connectivity index (χ1) is 11.6. The second kappa shape index (κ2) is 7.39. The molecule has 4 nitrogen and oxygen atoms in total. The molecule has 1 unspecified atom stereocenters. The van der Waals surface area contributed by atoms with E-state index in [2.05, 4.69) is 34.5 Å². The number of para-hydroxylation sites is 1. The van der Waals surface area contributed by atoms with Gasteiger partial charge in [-0.25, -0.2) is 0 Å². The van der Waals surface area contributed by atoms with Crippen LogP contribution < -0.4 is 15.0 Å². The monoisotopic (exact) mass is 324 g/mol. The lowest BCUT2D eigenvalue weighted by atomic mass is 10.1. The van der Waals surface area contributed by atoms with E-state index >= 15 is 0 Å². The average Bonchev–Trinajstić information content (AvgIpc) is 3.04. The van der Waals surface area contributed by atoms with Gasteiger partial charge in [-0.15, -0.1) is 0 Å². The van der Waals surface area contributed by atoms with Gasteiger partial charge in [0.05, 0.1) is 12.6 Å². The van der Waals surface area contributed by atoms with Gasteiger partial charge >= 0.3 is 0 Å². The molecule has 1 N–H and O–H groups in total. The van der Waals surface area contributed by atoms with Crippen molar-refractivity contribution in [1.29, 1.82) is 0 Å². The Morgan fingerprint density at radius 1 is 1.17 bits per heavy atom. The van der Waals surface area contributed by atoms with Crippen molar-refractivity contribution in [2.75, 3.05) is 18.0 Å². The molecule has 2 aromatic rings. The Hall–Kier alpha value is -2.49. The number of benzene rings is 2. The zero-order chi connectivity index (χ0) is 16.9. The van der Waals surface area contributed by atoms with E-state index in [-0.39, 0.29) is 18.1 Å². The Balaban J connectivity index is 1.56. The summed E-state index contributed by atoms with van der Waals surface area (Å²) in [6.45, 7) is 5.44. The van der Waals surface area contributed by atoms with Crippen molar-refractivity contribution in [2.45, 2.75) is 32.4 Å². The Morgan fingerprint density at radius 2 is 1.88 bits per heavy atom. The Kier molecular flexibility index (Phi) is 5.04. The lowest BCUT2D eigenvalue weighted by Crippen LogP contribution is -2.24. The molecule has 0 aliphatic carbocycles. The zero-order valence-electron chi connectivity index (χ0n) is 14.2. The first kappa shape index (κ1) is 16.4. The van der Waals surface area contributed by atoms with Gasteiger partial charge < -0.3 is 15.0 Å². The first-order valence-corrected chi connectivity index (χ1v) is 8.45. The van der Waals surface area contributed by atoms with E-state index < -0.39 is 0 Å². The lowest BCUT2D eigenvalue weighted by molar-refractivity contribution is -0.119. The van der Waals surface area contributed by atoms with E-state index in [1.54, 1.807) is 0 Å². The molecule has 1 saturated heterocycles. The van der Waals surface area contributed by atoms with Crippen LogP contribution in [0.5, 0.6) is 5.75 Å². The molecule has 2 atom stereocenters. The van der Waals surface area contributed by atoms with Crippen molar-refractivity contribution in [3.8, 4) is 5.75 Å². The molecule has 24 heavy (non-hydrogen) atoms. The summed E-state index contributed by atoms with van der Waals surface area (Å²) in [5.74, 6) is 0.864. The predicted molar refractivity (Wildman–Crippen MR) is 96.4 cm³/mol. The maximum atomic E-state index is 11.1. The summed E-state index contributed by atoms with van der Waals surface area (Å²) in [6.07, 6.45) is 1.24. The molecule has 0 aromatic heterocycles. The van der Waals surface area contributed by atoms with Crippen LogP contribution in [0.2, 0.25) is 0 Å². The highest BCUT2D eigenvalue weighted by molar-refractivity contribution is 5.73. The van der Waals surface area contributed by atoms with Crippen molar-refractivity contribution in [1.82, 2.24) is 5.32 Å². The van der Waals surface area contributed by atoms with Crippen LogP contribution in [0.15, 0.2) is 54.6 Å². The van der Waals surface area contributed by atoms with Crippen molar-refractivity contribution < 1.29 is 9.53 Å². The third kappa shape index (κ3) is 4.07. The van der Waals surface area contributed by atoms with Gasteiger partial charge in [-0.05, 0) is 36.8 Å². The smallest absolute Gasteiger partial charge is 0.217 e. The Bertz CT molecular complexity index is 670. The molecule has 3 rings (SSSR count). The molecule has 0 saturated carbocycles. The summed E-state index contributed by atoms with van der Waals surface area (Å²) in [5, 5.41) is 2.89. The molecule has 1 heterocycles. The molecule has 4 heteroatoms. The van der Waals surface area contributed by atoms with Crippen LogP contribution in [0.25, 0.3) is 0 Å². The number of ether oxygens (including phenoxy) is 1. The van der Waals surface area contributed by atoms with Crippen molar-refractivity contribution in [3.63, 3.8) is 0 Å². The van der Waals surface area contributed by atoms with Gasteiger partial charge in [0, 0.05) is 25.6 Å². The van der Waals surface area contributed by atoms with Gasteiger partial charge in [0.25, 0.3) is 0 Å². The van der Waals surface area contributed by atoms with Gasteiger partial charge in [0.15, 0.2) is 0 Å². The molecule has 0 radical (unpaired) electrons. The molecule has 0 bridgehead atoms. The molecule has 1 aliphatic rings. The normalized spacial score (nSPS) is 18.2. The zero-order valence-corrected chi connectivity index (χ0v) is 14.2. The maximum absolute atomic E-state index is 11.1. The number of amides is 1. The highest BCUT2D eigenvalue weighted by Crippen LogP contribution is 2.24. The number of nitrogens with zero attached hydrogens (tertiary/aromatic N) is 1. The fraction of sp³-hybridized carbons (Fsp3) is 0.350. The lowest BCUT2D eigenvalue weighted by Gasteiger charge is -2.19. The molecular weight excluding hydrogens is 300 g/mol. The molecule has 1 amide bonds. The maximum Gasteiger partial charge on any atom is 0.217 e. The summed E-state index contributed by atoms with van der Waals surface area (Å²) in [4.78, 5) is 13.5. The average molecular weight is 324 g/mol. The second-order valence-corrected chi connectivity index (χ2v) is 6.30. The van der Waals surface area contributed by atoms with E-state index in [0.29, 0.717) is 0 Å². The SMILES string of the molecule is CC(=O)N[C@@H](C)c1ccc(OC2CCN(c3ccccc3)C2)cc1. The molecule has 2 aromatic carbocycles. The molecule has 1 fully saturated rings. The first-order valence-electron chi connectivity index (χ1n) is 8.45. The highest BCUT2D eigenvalue weighted by atomic mass is 16.5. The van der Waals surface area contributed by atoms with E-state index in [1.807, 2.05) is 37.3 Å². The minimum absolute atomic E-state index is 0.0107. The number of carbonyl (C=O) groups excluding carboxylic acids is 1. The van der Waals surface area contributed by atoms with Gasteiger partial charge in [-0.3, -0.25) is 4.79 Å². The third-order valence-corrected chi connectivity index (χ3v) is 4.37. The highest BCUT2D eigenvalue weighted by Gasteiger charge is 2.24. The molecule has 1 aliphatic heterocycles. The van der Waals surface area contributed by atoms with Crippen LogP contribution in [0.1, 0.15) is 31.9 Å². The van der Waals surface area contributed by atoms with Gasteiger partial charge in [-0.1, -0.05) is 30.3 Å². The summed E-state index contributed by atoms with van der Waals surface area (Å²) < 4.78 is 6.11. The largest absolute Gasteiger partial charge is 0.489 e. The van der Waals surface area contributed by atoms with Crippen LogP contribution in [0.4, 0.5) is 5.69 Å². The standard InChI is InChI=1S/C20H24N2O2/c1-15(21-16(2)23)17-8-10-19(11-9-17)24-20-12-13-22(14-20)18-6-4-3-5-7-18/h3-11,15,20H,12-14H2,1-2H3,(H,21,23)/t15-,20?/m0/s1. The predicted octanol–water partition coefficient (Wildman–Crippen LogP) is 3.54. The fourth-order valence-electron chi connectivity index (χ4n) is 3.11. The third-order valence-electron chi connectivity index (χ3n) is 4.37. The topological polar surface area (TPSA) is 41.6 Å².